The second kappa shape index (κ2) is 6.08. The number of halogens is 1. The highest BCUT2D eigenvalue weighted by molar-refractivity contribution is 14.0. The number of hydrogen-bond donors (Lipinski definition) is 2. The fourth-order valence-electron chi connectivity index (χ4n) is 1.62. The molecule has 0 atom stereocenters. The lowest BCUT2D eigenvalue weighted by atomic mass is 9.94. The molecule has 0 unspecified atom stereocenters. The van der Waals surface area contributed by atoms with Gasteiger partial charge in [0.1, 0.15) is 0 Å². The summed E-state index contributed by atoms with van der Waals surface area (Å²) in [7, 11) is 0. The first kappa shape index (κ1) is 13.3. The topological polar surface area (TPSA) is 50.4 Å². The average Bonchev–Trinajstić information content (AvgIpc) is 2.11. The van der Waals surface area contributed by atoms with Gasteiger partial charge in [-0.15, -0.1) is 24.0 Å². The third-order valence-electron chi connectivity index (χ3n) is 2.69. The predicted octanol–water partition coefficient (Wildman–Crippen LogP) is 2.89. The minimum Gasteiger partial charge on any atom is -0.370 e. The van der Waals surface area contributed by atoms with Crippen LogP contribution in [0.5, 0.6) is 0 Å². The van der Waals surface area contributed by atoms with E-state index in [0.29, 0.717) is 12.0 Å². The Morgan fingerprint density at radius 2 is 2.19 bits per heavy atom. The predicted molar refractivity (Wildman–Crippen MR) is 79.5 cm³/mol. The molecule has 1 aromatic carbocycles. The van der Waals surface area contributed by atoms with Crippen molar-refractivity contribution in [2.75, 3.05) is 5.32 Å². The van der Waals surface area contributed by atoms with Crippen molar-refractivity contribution in [1.82, 2.24) is 0 Å². The second-order valence-electron chi connectivity index (χ2n) is 4.09. The number of hydrogen-bond acceptors (Lipinski definition) is 1. The molecule has 1 aliphatic rings. The van der Waals surface area contributed by atoms with Crippen LogP contribution in [0.3, 0.4) is 0 Å². The summed E-state index contributed by atoms with van der Waals surface area (Å²) < 4.78 is 0. The molecule has 88 valence electrons. The van der Waals surface area contributed by atoms with E-state index in [1.54, 1.807) is 0 Å². The molecule has 3 N–H and O–H groups in total. The molecule has 0 aromatic heterocycles. The molecule has 1 saturated carbocycles. The number of guanidine groups is 1. The number of aliphatic imine (C=N–C) groups is 1. The number of aryl methyl sites for hydroxylation is 1. The van der Waals surface area contributed by atoms with Crippen molar-refractivity contribution >= 4 is 35.6 Å². The fourth-order valence-corrected chi connectivity index (χ4v) is 1.62. The van der Waals surface area contributed by atoms with Gasteiger partial charge in [0.2, 0.25) is 0 Å². The van der Waals surface area contributed by atoms with E-state index in [4.69, 9.17) is 5.73 Å². The molecule has 0 heterocycles. The van der Waals surface area contributed by atoms with E-state index < -0.39 is 0 Å². The largest absolute Gasteiger partial charge is 0.370 e. The summed E-state index contributed by atoms with van der Waals surface area (Å²) in [6, 6.07) is 8.57. The number of rotatable bonds is 2. The third kappa shape index (κ3) is 3.66. The molecular weight excluding hydrogens is 313 g/mol. The van der Waals surface area contributed by atoms with Crippen LogP contribution < -0.4 is 11.1 Å². The lowest BCUT2D eigenvalue weighted by molar-refractivity contribution is 0.420. The zero-order valence-electron chi connectivity index (χ0n) is 9.44. The third-order valence-corrected chi connectivity index (χ3v) is 2.69. The molecular formula is C12H18IN3. The average molecular weight is 331 g/mol. The Morgan fingerprint density at radius 3 is 2.75 bits per heavy atom. The van der Waals surface area contributed by atoms with E-state index in [1.807, 2.05) is 12.1 Å². The number of nitrogens with zero attached hydrogens (tertiary/aromatic N) is 1. The van der Waals surface area contributed by atoms with Crippen molar-refractivity contribution < 1.29 is 0 Å². The van der Waals surface area contributed by atoms with E-state index >= 15 is 0 Å². The normalized spacial score (nSPS) is 16.2. The molecule has 16 heavy (non-hydrogen) atoms. The summed E-state index contributed by atoms with van der Waals surface area (Å²) in [6.45, 7) is 2.06. The molecule has 2 rings (SSSR count). The fraction of sp³-hybridized carbons (Fsp3) is 0.417. The zero-order valence-corrected chi connectivity index (χ0v) is 11.8. The summed E-state index contributed by atoms with van der Waals surface area (Å²) in [4.78, 5) is 4.39. The van der Waals surface area contributed by atoms with Crippen molar-refractivity contribution in [2.24, 2.45) is 10.7 Å². The minimum atomic E-state index is 0. The molecule has 0 radical (unpaired) electrons. The maximum Gasteiger partial charge on any atom is 0.193 e. The summed E-state index contributed by atoms with van der Waals surface area (Å²) in [6.07, 6.45) is 3.64. The first-order valence-corrected chi connectivity index (χ1v) is 5.41. The summed E-state index contributed by atoms with van der Waals surface area (Å²) in [5.74, 6) is 0.533. The van der Waals surface area contributed by atoms with Gasteiger partial charge in [-0.25, -0.2) is 4.99 Å². The molecule has 4 heteroatoms. The molecule has 1 fully saturated rings. The first-order chi connectivity index (χ1) is 7.24. The highest BCUT2D eigenvalue weighted by Crippen LogP contribution is 2.21. The second-order valence-corrected chi connectivity index (χ2v) is 4.09. The van der Waals surface area contributed by atoms with Gasteiger partial charge in [-0.2, -0.15) is 0 Å². The summed E-state index contributed by atoms with van der Waals surface area (Å²) in [5, 5.41) is 3.11. The van der Waals surface area contributed by atoms with E-state index in [1.165, 1.54) is 24.8 Å². The summed E-state index contributed by atoms with van der Waals surface area (Å²) in [5.41, 5.74) is 8.03. The van der Waals surface area contributed by atoms with Gasteiger partial charge in [-0.3, -0.25) is 0 Å². The van der Waals surface area contributed by atoms with Crippen LogP contribution in [0.1, 0.15) is 24.8 Å². The van der Waals surface area contributed by atoms with Crippen LogP contribution in [-0.2, 0) is 0 Å². The summed E-state index contributed by atoms with van der Waals surface area (Å²) >= 11 is 0. The lowest BCUT2D eigenvalue weighted by Gasteiger charge is -2.21. The minimum absolute atomic E-state index is 0. The molecule has 1 aliphatic carbocycles. The number of anilines is 1. The Hall–Kier alpha value is -0.780. The molecule has 0 bridgehead atoms. The van der Waals surface area contributed by atoms with Crippen LogP contribution >= 0.6 is 24.0 Å². The van der Waals surface area contributed by atoms with Gasteiger partial charge in [0.25, 0.3) is 0 Å². The zero-order chi connectivity index (χ0) is 10.7. The number of benzene rings is 1. The maximum atomic E-state index is 5.81. The van der Waals surface area contributed by atoms with Crippen molar-refractivity contribution in [1.29, 1.82) is 0 Å². The van der Waals surface area contributed by atoms with Gasteiger partial charge < -0.3 is 11.1 Å². The molecule has 0 aliphatic heterocycles. The molecule has 3 nitrogen and oxygen atoms in total. The van der Waals surface area contributed by atoms with Gasteiger partial charge in [0.05, 0.1) is 6.04 Å². The monoisotopic (exact) mass is 331 g/mol. The molecule has 0 saturated heterocycles. The van der Waals surface area contributed by atoms with Gasteiger partial charge in [0.15, 0.2) is 5.96 Å². The van der Waals surface area contributed by atoms with Crippen LogP contribution in [0.15, 0.2) is 29.3 Å². The van der Waals surface area contributed by atoms with Gasteiger partial charge >= 0.3 is 0 Å². The van der Waals surface area contributed by atoms with Gasteiger partial charge in [-0.1, -0.05) is 12.1 Å². The highest BCUT2D eigenvalue weighted by Gasteiger charge is 2.16. The van der Waals surface area contributed by atoms with Crippen LogP contribution in [-0.4, -0.2) is 12.0 Å². The Labute approximate surface area is 114 Å². The van der Waals surface area contributed by atoms with E-state index in [-0.39, 0.29) is 24.0 Å². The van der Waals surface area contributed by atoms with Crippen LogP contribution in [0.25, 0.3) is 0 Å². The lowest BCUT2D eigenvalue weighted by Crippen LogP contribution is -2.27. The molecule has 0 amide bonds. The van der Waals surface area contributed by atoms with Crippen molar-refractivity contribution in [3.8, 4) is 0 Å². The highest BCUT2D eigenvalue weighted by atomic mass is 127. The van der Waals surface area contributed by atoms with E-state index in [0.717, 1.165) is 5.69 Å². The standard InChI is InChI=1S/C12H17N3.HI/c1-9-4-2-7-11(8-9)15-12(13)14-10-5-3-6-10;/h2,4,7-8,10H,3,5-6H2,1H3,(H3,13,14,15);1H. The quantitative estimate of drug-likeness (QED) is 0.497. The van der Waals surface area contributed by atoms with Crippen molar-refractivity contribution in [3.63, 3.8) is 0 Å². The van der Waals surface area contributed by atoms with Crippen molar-refractivity contribution in [2.45, 2.75) is 32.2 Å². The first-order valence-electron chi connectivity index (χ1n) is 5.41. The van der Waals surface area contributed by atoms with Crippen LogP contribution in [0, 0.1) is 6.92 Å². The van der Waals surface area contributed by atoms with Crippen molar-refractivity contribution in [3.05, 3.63) is 29.8 Å². The van der Waals surface area contributed by atoms with E-state index in [2.05, 4.69) is 29.4 Å². The van der Waals surface area contributed by atoms with Crippen LogP contribution in [0.4, 0.5) is 5.69 Å². The van der Waals surface area contributed by atoms with Gasteiger partial charge in [-0.05, 0) is 43.9 Å². The maximum absolute atomic E-state index is 5.81. The number of nitrogens with two attached hydrogens (primary N) is 1. The molecule has 0 spiro atoms. The Bertz CT molecular complexity index is 372. The number of nitrogens with one attached hydrogen (secondary N) is 1. The molecule has 1 aromatic rings. The van der Waals surface area contributed by atoms with E-state index in [9.17, 15) is 0 Å². The Kier molecular flexibility index (Phi) is 5.05. The Morgan fingerprint density at radius 1 is 1.44 bits per heavy atom. The smallest absolute Gasteiger partial charge is 0.193 e. The van der Waals surface area contributed by atoms with Crippen LogP contribution in [0.2, 0.25) is 0 Å². The van der Waals surface area contributed by atoms with Gasteiger partial charge in [0, 0.05) is 5.69 Å². The SMILES string of the molecule is Cc1cccc(NC(N)=NC2CCC2)c1.I. The Balaban J connectivity index is 0.00000128.